The van der Waals surface area contributed by atoms with Crippen molar-refractivity contribution in [2.75, 3.05) is 72.6 Å². The zero-order valence-corrected chi connectivity index (χ0v) is 19.5. The van der Waals surface area contributed by atoms with Gasteiger partial charge in [-0.15, -0.1) is 0 Å². The largest absolute Gasteiger partial charge is 0.469 e. The van der Waals surface area contributed by atoms with Gasteiger partial charge in [0.2, 0.25) is 0 Å². The van der Waals surface area contributed by atoms with Crippen LogP contribution in [0.15, 0.2) is 0 Å². The number of esters is 1. The molecule has 0 aromatic heterocycles. The number of amides is 1. The van der Waals surface area contributed by atoms with Crippen LogP contribution in [0.4, 0.5) is 4.79 Å². The van der Waals surface area contributed by atoms with Crippen LogP contribution in [0.25, 0.3) is 0 Å². The van der Waals surface area contributed by atoms with E-state index < -0.39 is 0 Å². The molecule has 0 spiro atoms. The van der Waals surface area contributed by atoms with E-state index in [9.17, 15) is 9.59 Å². The predicted octanol–water partition coefficient (Wildman–Crippen LogP) is 0.764. The van der Waals surface area contributed by atoms with Crippen LogP contribution in [-0.2, 0) is 14.3 Å². The second kappa shape index (κ2) is 12.2. The molecule has 0 aliphatic carbocycles. The van der Waals surface area contributed by atoms with Crippen molar-refractivity contribution in [3.8, 4) is 0 Å². The highest BCUT2D eigenvalue weighted by atomic mass is 16.6. The molecule has 10 heteroatoms. The van der Waals surface area contributed by atoms with Crippen LogP contribution in [0.5, 0.6) is 0 Å². The molecule has 1 unspecified atom stereocenters. The molecule has 3 N–H and O–H groups in total. The van der Waals surface area contributed by atoms with Crippen LogP contribution >= 0.6 is 0 Å². The summed E-state index contributed by atoms with van der Waals surface area (Å²) in [5, 5.41) is 7.52. The number of likely N-dealkylation sites (tertiary alicyclic amines) is 1. The second-order valence-corrected chi connectivity index (χ2v) is 9.23. The first-order valence-electron chi connectivity index (χ1n) is 12.0. The lowest BCUT2D eigenvalue weighted by molar-refractivity contribution is -0.140. The Balaban J connectivity index is 1.27. The molecule has 1 amide bonds. The molecule has 0 radical (unpaired) electrons. The second-order valence-electron chi connectivity index (χ2n) is 9.23. The molecule has 3 fully saturated rings. The van der Waals surface area contributed by atoms with Crippen LogP contribution in [0.3, 0.4) is 0 Å². The first-order valence-corrected chi connectivity index (χ1v) is 12.0. The number of nitrogens with zero attached hydrogens (tertiary/aromatic N) is 4. The molecular formula is C22H40N6O4. The number of hydrogen-bond donors (Lipinski definition) is 2. The molecule has 0 bridgehead atoms. The summed E-state index contributed by atoms with van der Waals surface area (Å²) in [6.45, 7) is 8.78. The molecule has 3 rings (SSSR count). The quantitative estimate of drug-likeness (QED) is 0.284. The number of piperazine rings is 1. The number of rotatable bonds is 10. The lowest BCUT2D eigenvalue weighted by Crippen LogP contribution is -2.49. The number of methoxy groups -OCH3 is 1. The molecule has 0 aromatic rings. The summed E-state index contributed by atoms with van der Waals surface area (Å²) in [7, 11) is 1.43. The van der Waals surface area contributed by atoms with Crippen molar-refractivity contribution in [2.24, 2.45) is 11.7 Å². The Hall–Kier alpha value is -2.07. The fraction of sp³-hybridized carbons (Fsp3) is 0.864. The van der Waals surface area contributed by atoms with Crippen LogP contribution in [0.1, 0.15) is 38.5 Å². The molecule has 3 aliphatic rings. The smallest absolute Gasteiger partial charge is 0.410 e. The monoisotopic (exact) mass is 452 g/mol. The van der Waals surface area contributed by atoms with E-state index in [0.29, 0.717) is 18.9 Å². The van der Waals surface area contributed by atoms with E-state index in [2.05, 4.69) is 9.80 Å². The Morgan fingerprint density at radius 3 is 2.44 bits per heavy atom. The van der Waals surface area contributed by atoms with Crippen LogP contribution in [-0.4, -0.2) is 116 Å². The van der Waals surface area contributed by atoms with Crippen molar-refractivity contribution in [1.29, 1.82) is 5.41 Å². The van der Waals surface area contributed by atoms with Gasteiger partial charge in [0, 0.05) is 58.8 Å². The fourth-order valence-electron chi connectivity index (χ4n) is 4.92. The minimum atomic E-state index is -0.178. The summed E-state index contributed by atoms with van der Waals surface area (Å²) in [6.07, 6.45) is 5.33. The van der Waals surface area contributed by atoms with Gasteiger partial charge in [-0.3, -0.25) is 15.1 Å². The molecule has 3 aliphatic heterocycles. The molecule has 10 nitrogen and oxygen atoms in total. The van der Waals surface area contributed by atoms with Gasteiger partial charge >= 0.3 is 12.1 Å². The first kappa shape index (κ1) is 24.6. The van der Waals surface area contributed by atoms with E-state index in [-0.39, 0.29) is 24.1 Å². The van der Waals surface area contributed by atoms with Crippen LogP contribution < -0.4 is 5.73 Å². The van der Waals surface area contributed by atoms with E-state index in [4.69, 9.17) is 20.6 Å². The SMILES string of the molecule is COC(=O)CCCN1CCN(CC2CN(CCCC3CCN(C(=N)N)CC3)C(=O)O2)CC1. The number of hydrogen-bond acceptors (Lipinski definition) is 7. The molecule has 32 heavy (non-hydrogen) atoms. The van der Waals surface area contributed by atoms with Gasteiger partial charge in [0.05, 0.1) is 13.7 Å². The maximum atomic E-state index is 12.3. The number of nitrogens with one attached hydrogen (secondary N) is 1. The van der Waals surface area contributed by atoms with E-state index >= 15 is 0 Å². The number of nitrogens with two attached hydrogens (primary N) is 1. The zero-order valence-electron chi connectivity index (χ0n) is 19.5. The minimum Gasteiger partial charge on any atom is -0.469 e. The van der Waals surface area contributed by atoms with E-state index in [1.807, 2.05) is 9.80 Å². The number of piperidine rings is 1. The Bertz CT molecular complexity index is 632. The molecule has 0 aromatic carbocycles. The third kappa shape index (κ3) is 7.51. The fourth-order valence-corrected chi connectivity index (χ4v) is 4.92. The topological polar surface area (TPSA) is 115 Å². The van der Waals surface area contributed by atoms with Gasteiger partial charge in [-0.25, -0.2) is 4.79 Å². The zero-order chi connectivity index (χ0) is 22.9. The highest BCUT2D eigenvalue weighted by molar-refractivity contribution is 5.74. The van der Waals surface area contributed by atoms with Crippen molar-refractivity contribution in [1.82, 2.24) is 19.6 Å². The van der Waals surface area contributed by atoms with Crippen molar-refractivity contribution in [2.45, 2.75) is 44.6 Å². The van der Waals surface area contributed by atoms with Crippen molar-refractivity contribution >= 4 is 18.0 Å². The van der Waals surface area contributed by atoms with Crippen molar-refractivity contribution in [3.63, 3.8) is 0 Å². The standard InChI is InChI=1S/C22H40N6O4/c1-31-20(29)5-3-8-25-12-14-26(15-13-25)16-19-17-28(22(30)32-19)9-2-4-18-6-10-27(11-7-18)21(23)24/h18-19H,2-17H2,1H3,(H3,23,24). The summed E-state index contributed by atoms with van der Waals surface area (Å²) in [5.74, 6) is 0.688. The van der Waals surface area contributed by atoms with Gasteiger partial charge in [-0.05, 0) is 44.6 Å². The molecule has 1 atom stereocenters. The Morgan fingerprint density at radius 2 is 1.78 bits per heavy atom. The Kier molecular flexibility index (Phi) is 9.40. The predicted molar refractivity (Wildman–Crippen MR) is 121 cm³/mol. The average Bonchev–Trinajstić information content (AvgIpc) is 3.14. The number of carbonyl (C=O) groups excluding carboxylic acids is 2. The van der Waals surface area contributed by atoms with E-state index in [0.717, 1.165) is 91.0 Å². The van der Waals surface area contributed by atoms with E-state index in [1.165, 1.54) is 7.11 Å². The molecule has 0 saturated carbocycles. The summed E-state index contributed by atoms with van der Waals surface area (Å²) >= 11 is 0. The van der Waals surface area contributed by atoms with Crippen molar-refractivity contribution < 1.29 is 19.1 Å². The lowest BCUT2D eigenvalue weighted by atomic mass is 9.92. The molecule has 182 valence electrons. The molecular weight excluding hydrogens is 412 g/mol. The van der Waals surface area contributed by atoms with Crippen LogP contribution in [0, 0.1) is 11.3 Å². The number of ether oxygens (including phenoxy) is 2. The third-order valence-corrected chi connectivity index (χ3v) is 6.95. The molecule has 3 saturated heterocycles. The van der Waals surface area contributed by atoms with Gasteiger partial charge in [-0.2, -0.15) is 0 Å². The lowest BCUT2D eigenvalue weighted by Gasteiger charge is -2.35. The van der Waals surface area contributed by atoms with Gasteiger partial charge in [0.25, 0.3) is 0 Å². The Labute approximate surface area is 191 Å². The normalized spacial score (nSPS) is 23.4. The van der Waals surface area contributed by atoms with Gasteiger partial charge in [0.15, 0.2) is 5.96 Å². The van der Waals surface area contributed by atoms with Crippen LogP contribution in [0.2, 0.25) is 0 Å². The van der Waals surface area contributed by atoms with E-state index in [1.54, 1.807) is 0 Å². The number of carbonyl (C=O) groups is 2. The number of cyclic esters (lactones) is 1. The average molecular weight is 453 g/mol. The molecule has 3 heterocycles. The number of guanidine groups is 1. The summed E-state index contributed by atoms with van der Waals surface area (Å²) in [5.41, 5.74) is 5.56. The van der Waals surface area contributed by atoms with Crippen molar-refractivity contribution in [3.05, 3.63) is 0 Å². The summed E-state index contributed by atoms with van der Waals surface area (Å²) in [6, 6.07) is 0. The highest BCUT2D eigenvalue weighted by Crippen LogP contribution is 2.23. The highest BCUT2D eigenvalue weighted by Gasteiger charge is 2.33. The maximum Gasteiger partial charge on any atom is 0.410 e. The third-order valence-electron chi connectivity index (χ3n) is 6.95. The maximum absolute atomic E-state index is 12.3. The summed E-state index contributed by atoms with van der Waals surface area (Å²) < 4.78 is 10.3. The first-order chi connectivity index (χ1) is 15.4. The van der Waals surface area contributed by atoms with Gasteiger partial charge < -0.3 is 29.9 Å². The Morgan fingerprint density at radius 1 is 1.09 bits per heavy atom. The van der Waals surface area contributed by atoms with Gasteiger partial charge in [-0.1, -0.05) is 0 Å². The minimum absolute atomic E-state index is 0.0489. The van der Waals surface area contributed by atoms with Gasteiger partial charge in [0.1, 0.15) is 6.10 Å². The summed E-state index contributed by atoms with van der Waals surface area (Å²) in [4.78, 5) is 32.0.